The SMILES string of the molecule is CC(C)c1cccc2c1N[C@H](c1ccc(Br)cc1)[C@H]1CC=C[C@@H]21. The van der Waals surface area contributed by atoms with E-state index in [0.29, 0.717) is 23.8 Å². The molecule has 2 aliphatic rings. The fraction of sp³-hybridized carbons (Fsp3) is 0.333. The Labute approximate surface area is 146 Å². The number of allylic oxidation sites excluding steroid dienone is 2. The predicted octanol–water partition coefficient (Wildman–Crippen LogP) is 6.40. The highest BCUT2D eigenvalue weighted by Gasteiger charge is 2.38. The van der Waals surface area contributed by atoms with E-state index in [1.165, 1.54) is 22.4 Å². The lowest BCUT2D eigenvalue weighted by Gasteiger charge is -2.39. The van der Waals surface area contributed by atoms with Crippen molar-refractivity contribution in [3.63, 3.8) is 0 Å². The number of halogens is 1. The van der Waals surface area contributed by atoms with Crippen LogP contribution in [0.5, 0.6) is 0 Å². The van der Waals surface area contributed by atoms with Crippen molar-refractivity contribution in [2.24, 2.45) is 5.92 Å². The van der Waals surface area contributed by atoms with E-state index in [4.69, 9.17) is 0 Å². The third kappa shape index (κ3) is 2.53. The average Bonchev–Trinajstić information content (AvgIpc) is 3.04. The summed E-state index contributed by atoms with van der Waals surface area (Å²) in [5.41, 5.74) is 5.66. The van der Waals surface area contributed by atoms with E-state index in [1.807, 2.05) is 0 Å². The molecule has 1 N–H and O–H groups in total. The van der Waals surface area contributed by atoms with Crippen LogP contribution in [0.4, 0.5) is 5.69 Å². The van der Waals surface area contributed by atoms with Gasteiger partial charge in [-0.05, 0) is 47.1 Å². The van der Waals surface area contributed by atoms with E-state index in [9.17, 15) is 0 Å². The van der Waals surface area contributed by atoms with E-state index < -0.39 is 0 Å². The minimum absolute atomic E-state index is 0.385. The molecular weight excluding hydrogens is 346 g/mol. The highest BCUT2D eigenvalue weighted by molar-refractivity contribution is 9.10. The zero-order valence-electron chi connectivity index (χ0n) is 13.6. The molecule has 0 aromatic heterocycles. The van der Waals surface area contributed by atoms with Gasteiger partial charge in [0.05, 0.1) is 6.04 Å². The third-order valence-corrected chi connectivity index (χ3v) is 5.81. The first kappa shape index (κ1) is 15.0. The molecule has 0 saturated carbocycles. The zero-order chi connectivity index (χ0) is 16.0. The number of benzene rings is 2. The summed E-state index contributed by atoms with van der Waals surface area (Å²) < 4.78 is 1.14. The molecule has 2 aromatic carbocycles. The molecule has 0 spiro atoms. The molecule has 3 atom stereocenters. The maximum atomic E-state index is 3.90. The van der Waals surface area contributed by atoms with Gasteiger partial charge in [0.1, 0.15) is 0 Å². The topological polar surface area (TPSA) is 12.0 Å². The van der Waals surface area contributed by atoms with E-state index in [-0.39, 0.29) is 0 Å². The van der Waals surface area contributed by atoms with Crippen molar-refractivity contribution in [3.05, 3.63) is 75.8 Å². The summed E-state index contributed by atoms with van der Waals surface area (Å²) >= 11 is 3.55. The Kier molecular flexibility index (Phi) is 3.81. The Balaban J connectivity index is 1.82. The molecule has 1 nitrogen and oxygen atoms in total. The van der Waals surface area contributed by atoms with Crippen LogP contribution in [0.1, 0.15) is 54.8 Å². The number of hydrogen-bond donors (Lipinski definition) is 1. The number of nitrogens with one attached hydrogen (secondary N) is 1. The van der Waals surface area contributed by atoms with Gasteiger partial charge in [-0.25, -0.2) is 0 Å². The van der Waals surface area contributed by atoms with Gasteiger partial charge in [-0.3, -0.25) is 0 Å². The van der Waals surface area contributed by atoms with Gasteiger partial charge < -0.3 is 5.32 Å². The van der Waals surface area contributed by atoms with Gasteiger partial charge in [-0.1, -0.05) is 72.3 Å². The number of fused-ring (bicyclic) bond motifs is 3. The Bertz CT molecular complexity index is 745. The molecule has 1 aliphatic carbocycles. The van der Waals surface area contributed by atoms with Crippen LogP contribution in [0.2, 0.25) is 0 Å². The van der Waals surface area contributed by atoms with Crippen molar-refractivity contribution in [1.29, 1.82) is 0 Å². The second kappa shape index (κ2) is 5.83. The van der Waals surface area contributed by atoms with E-state index in [2.05, 4.69) is 89.7 Å². The van der Waals surface area contributed by atoms with Crippen LogP contribution in [0.3, 0.4) is 0 Å². The van der Waals surface area contributed by atoms with Gasteiger partial charge in [-0.2, -0.15) is 0 Å². The van der Waals surface area contributed by atoms with Gasteiger partial charge in [0.15, 0.2) is 0 Å². The average molecular weight is 368 g/mol. The van der Waals surface area contributed by atoms with Crippen molar-refractivity contribution in [2.45, 2.75) is 38.1 Å². The van der Waals surface area contributed by atoms with Crippen molar-refractivity contribution >= 4 is 21.6 Å². The van der Waals surface area contributed by atoms with Crippen molar-refractivity contribution in [3.8, 4) is 0 Å². The molecule has 0 saturated heterocycles. The van der Waals surface area contributed by atoms with Gasteiger partial charge >= 0.3 is 0 Å². The number of hydrogen-bond acceptors (Lipinski definition) is 1. The van der Waals surface area contributed by atoms with Crippen molar-refractivity contribution in [1.82, 2.24) is 0 Å². The fourth-order valence-corrected chi connectivity index (χ4v) is 4.39. The van der Waals surface area contributed by atoms with E-state index in [1.54, 1.807) is 0 Å². The maximum absolute atomic E-state index is 3.90. The Morgan fingerprint density at radius 3 is 2.61 bits per heavy atom. The fourth-order valence-electron chi connectivity index (χ4n) is 4.13. The summed E-state index contributed by atoms with van der Waals surface area (Å²) in [7, 11) is 0. The number of rotatable bonds is 2. The van der Waals surface area contributed by atoms with Crippen LogP contribution < -0.4 is 5.32 Å². The summed E-state index contributed by atoms with van der Waals surface area (Å²) in [4.78, 5) is 0. The zero-order valence-corrected chi connectivity index (χ0v) is 15.2. The van der Waals surface area contributed by atoms with Crippen LogP contribution in [-0.2, 0) is 0 Å². The smallest absolute Gasteiger partial charge is 0.0554 e. The number of para-hydroxylation sites is 1. The molecule has 118 valence electrons. The van der Waals surface area contributed by atoms with Crippen LogP contribution >= 0.6 is 15.9 Å². The molecular formula is C21H22BrN. The first-order valence-electron chi connectivity index (χ1n) is 8.46. The van der Waals surface area contributed by atoms with Crippen molar-refractivity contribution < 1.29 is 0 Å². The van der Waals surface area contributed by atoms with Crippen LogP contribution in [0.15, 0.2) is 59.1 Å². The molecule has 0 radical (unpaired) electrons. The third-order valence-electron chi connectivity index (χ3n) is 5.28. The summed E-state index contributed by atoms with van der Waals surface area (Å²) in [5, 5.41) is 3.90. The first-order valence-corrected chi connectivity index (χ1v) is 9.26. The highest BCUT2D eigenvalue weighted by Crippen LogP contribution is 2.51. The van der Waals surface area contributed by atoms with E-state index in [0.717, 1.165) is 10.9 Å². The maximum Gasteiger partial charge on any atom is 0.0554 e. The van der Waals surface area contributed by atoms with Gasteiger partial charge in [0.2, 0.25) is 0 Å². The molecule has 2 aromatic rings. The molecule has 4 rings (SSSR count). The molecule has 1 aliphatic heterocycles. The van der Waals surface area contributed by atoms with Crippen LogP contribution in [-0.4, -0.2) is 0 Å². The Morgan fingerprint density at radius 2 is 1.87 bits per heavy atom. The second-order valence-electron chi connectivity index (χ2n) is 6.99. The lowest BCUT2D eigenvalue weighted by molar-refractivity contribution is 0.424. The molecule has 1 heterocycles. The van der Waals surface area contributed by atoms with Crippen LogP contribution in [0.25, 0.3) is 0 Å². The summed E-state index contributed by atoms with van der Waals surface area (Å²) in [5.74, 6) is 1.69. The molecule has 0 bridgehead atoms. The monoisotopic (exact) mass is 367 g/mol. The Hall–Kier alpha value is -1.54. The predicted molar refractivity (Wildman–Crippen MR) is 101 cm³/mol. The number of anilines is 1. The summed E-state index contributed by atoms with van der Waals surface area (Å²) in [6.45, 7) is 4.56. The quantitative estimate of drug-likeness (QED) is 0.605. The minimum atomic E-state index is 0.385. The van der Waals surface area contributed by atoms with Gasteiger partial charge in [0.25, 0.3) is 0 Å². The molecule has 2 heteroatoms. The molecule has 0 fully saturated rings. The Morgan fingerprint density at radius 1 is 1.09 bits per heavy atom. The van der Waals surface area contributed by atoms with E-state index >= 15 is 0 Å². The lowest BCUT2D eigenvalue weighted by Crippen LogP contribution is -2.29. The largest absolute Gasteiger partial charge is 0.377 e. The summed E-state index contributed by atoms with van der Waals surface area (Å²) in [6.07, 6.45) is 5.93. The highest BCUT2D eigenvalue weighted by atomic mass is 79.9. The molecule has 0 unspecified atom stereocenters. The molecule has 0 amide bonds. The second-order valence-corrected chi connectivity index (χ2v) is 7.91. The van der Waals surface area contributed by atoms with Gasteiger partial charge in [0, 0.05) is 16.1 Å². The summed E-state index contributed by atoms with van der Waals surface area (Å²) in [6, 6.07) is 16.0. The standard InChI is InChI=1S/C21H22BrN/c1-13(2)16-5-3-8-19-17-6-4-7-18(17)20(23-21(16)19)14-9-11-15(22)12-10-14/h3-6,8-13,17-18,20,23H,7H2,1-2H3/t17-,18+,20-/m1/s1. The minimum Gasteiger partial charge on any atom is -0.377 e. The lowest BCUT2D eigenvalue weighted by atomic mass is 9.75. The first-order chi connectivity index (χ1) is 11.1. The normalized spacial score (nSPS) is 25.1. The molecule has 23 heavy (non-hydrogen) atoms. The van der Waals surface area contributed by atoms with Crippen molar-refractivity contribution in [2.75, 3.05) is 5.32 Å². The van der Waals surface area contributed by atoms with Gasteiger partial charge in [-0.15, -0.1) is 0 Å². The van der Waals surface area contributed by atoms with Crippen LogP contribution in [0, 0.1) is 5.92 Å².